The van der Waals surface area contributed by atoms with Crippen molar-refractivity contribution < 1.29 is 4.79 Å². The van der Waals surface area contributed by atoms with E-state index in [0.29, 0.717) is 12.0 Å². The molecular weight excluding hydrogens is 274 g/mol. The molecule has 2 rings (SSSR count). The van der Waals surface area contributed by atoms with Crippen molar-refractivity contribution in [2.75, 3.05) is 0 Å². The number of nitrogens with zero attached hydrogens (tertiary/aromatic N) is 1. The minimum Gasteiger partial charge on any atom is -0.320 e. The maximum Gasteiger partial charge on any atom is 0.221 e. The van der Waals surface area contributed by atoms with Gasteiger partial charge in [0.05, 0.1) is 0 Å². The average Bonchev–Trinajstić information content (AvgIpc) is 2.39. The lowest BCUT2D eigenvalue weighted by Crippen LogP contribution is -2.15. The van der Waals surface area contributed by atoms with Crippen LogP contribution in [0.15, 0.2) is 41.3 Å². The first-order chi connectivity index (χ1) is 9.49. The fourth-order valence-corrected chi connectivity index (χ4v) is 2.28. The van der Waals surface area contributed by atoms with Crippen molar-refractivity contribution in [3.05, 3.63) is 63.6 Å². The Hall–Kier alpha value is -1.87. The van der Waals surface area contributed by atoms with Crippen molar-refractivity contribution in [2.45, 2.75) is 26.7 Å². The molecule has 0 amide bonds. The molecule has 0 aliphatic carbocycles. The van der Waals surface area contributed by atoms with E-state index in [1.54, 1.807) is 12.3 Å². The highest BCUT2D eigenvalue weighted by Gasteiger charge is 2.08. The van der Waals surface area contributed by atoms with Crippen molar-refractivity contribution in [1.82, 2.24) is 4.57 Å². The molecular formula is C16H16ClNO2. The van der Waals surface area contributed by atoms with Gasteiger partial charge in [0.15, 0.2) is 5.43 Å². The number of aryl methyl sites for hydroxylation is 3. The molecule has 0 saturated carbocycles. The number of carbonyl (C=O) groups is 1. The molecule has 0 radical (unpaired) electrons. The Bertz CT molecular complexity index is 704. The van der Waals surface area contributed by atoms with Crippen LogP contribution < -0.4 is 5.43 Å². The first kappa shape index (κ1) is 14.5. The Kier molecular flexibility index (Phi) is 4.40. The van der Waals surface area contributed by atoms with Crippen molar-refractivity contribution in [2.24, 2.45) is 0 Å². The second kappa shape index (κ2) is 6.06. The minimum atomic E-state index is -0.424. The van der Waals surface area contributed by atoms with Crippen LogP contribution >= 0.6 is 11.6 Å². The molecule has 0 saturated heterocycles. The summed E-state index contributed by atoms with van der Waals surface area (Å²) in [5.74, 6) is 0. The number of hydrogen-bond acceptors (Lipinski definition) is 2. The first-order valence-electron chi connectivity index (χ1n) is 6.45. The minimum absolute atomic E-state index is 0.0507. The molecule has 0 aliphatic rings. The average molecular weight is 290 g/mol. The molecule has 0 bridgehead atoms. The van der Waals surface area contributed by atoms with Gasteiger partial charge in [-0.3, -0.25) is 9.59 Å². The summed E-state index contributed by atoms with van der Waals surface area (Å²) in [7, 11) is 0. The molecule has 0 atom stereocenters. The van der Waals surface area contributed by atoms with Crippen molar-refractivity contribution in [1.29, 1.82) is 0 Å². The number of carbonyl (C=O) groups excluding carboxylic acids is 1. The van der Waals surface area contributed by atoms with Gasteiger partial charge in [-0.2, -0.15) is 0 Å². The number of halogens is 1. The van der Waals surface area contributed by atoms with E-state index in [1.165, 1.54) is 0 Å². The lowest BCUT2D eigenvalue weighted by molar-refractivity contribution is -0.111. The first-order valence-corrected chi connectivity index (χ1v) is 6.83. The van der Waals surface area contributed by atoms with Gasteiger partial charge in [0.2, 0.25) is 5.24 Å². The SMILES string of the molecule is Cc1ccccc1-n1cc(CCC(=O)Cl)c(=O)cc1C. The Morgan fingerprint density at radius 3 is 2.60 bits per heavy atom. The predicted octanol–water partition coefficient (Wildman–Crippen LogP) is 3.15. The molecule has 104 valence electrons. The van der Waals surface area contributed by atoms with Crippen LogP contribution in [-0.4, -0.2) is 9.81 Å². The lowest BCUT2D eigenvalue weighted by Gasteiger charge is -2.14. The molecule has 2 aromatic rings. The van der Waals surface area contributed by atoms with Crippen LogP contribution in [0, 0.1) is 13.8 Å². The summed E-state index contributed by atoms with van der Waals surface area (Å²) in [5, 5.41) is -0.424. The van der Waals surface area contributed by atoms with E-state index in [0.717, 1.165) is 16.9 Å². The Morgan fingerprint density at radius 1 is 1.25 bits per heavy atom. The monoisotopic (exact) mass is 289 g/mol. The highest BCUT2D eigenvalue weighted by molar-refractivity contribution is 6.63. The lowest BCUT2D eigenvalue weighted by atomic mass is 10.1. The summed E-state index contributed by atoms with van der Waals surface area (Å²) < 4.78 is 1.98. The number of rotatable bonds is 4. The van der Waals surface area contributed by atoms with E-state index in [4.69, 9.17) is 11.6 Å². The fourth-order valence-electron chi connectivity index (χ4n) is 2.19. The summed E-state index contributed by atoms with van der Waals surface area (Å²) in [4.78, 5) is 22.8. The van der Waals surface area contributed by atoms with Gasteiger partial charge >= 0.3 is 0 Å². The van der Waals surface area contributed by atoms with Crippen LogP contribution in [-0.2, 0) is 11.2 Å². The molecule has 1 aromatic heterocycles. The molecule has 3 nitrogen and oxygen atoms in total. The maximum absolute atomic E-state index is 12.0. The van der Waals surface area contributed by atoms with E-state index < -0.39 is 5.24 Å². The Labute approximate surface area is 122 Å². The summed E-state index contributed by atoms with van der Waals surface area (Å²) in [6.07, 6.45) is 2.35. The number of aromatic nitrogens is 1. The van der Waals surface area contributed by atoms with Crippen LogP contribution in [0.3, 0.4) is 0 Å². The van der Waals surface area contributed by atoms with Gasteiger partial charge in [-0.1, -0.05) is 18.2 Å². The number of hydrogen-bond donors (Lipinski definition) is 0. The van der Waals surface area contributed by atoms with Gasteiger partial charge in [0, 0.05) is 35.6 Å². The zero-order valence-corrected chi connectivity index (χ0v) is 12.3. The van der Waals surface area contributed by atoms with E-state index in [-0.39, 0.29) is 11.8 Å². The number of benzene rings is 1. The van der Waals surface area contributed by atoms with E-state index in [2.05, 4.69) is 0 Å². The van der Waals surface area contributed by atoms with Crippen LogP contribution in [0.25, 0.3) is 5.69 Å². The third kappa shape index (κ3) is 3.17. The summed E-state index contributed by atoms with van der Waals surface area (Å²) in [5.41, 5.74) is 3.57. The molecule has 0 unspecified atom stereocenters. The molecule has 4 heteroatoms. The van der Waals surface area contributed by atoms with E-state index in [9.17, 15) is 9.59 Å². The van der Waals surface area contributed by atoms with Crippen molar-refractivity contribution in [3.8, 4) is 5.69 Å². The Morgan fingerprint density at radius 2 is 1.95 bits per heavy atom. The van der Waals surface area contributed by atoms with Gasteiger partial charge in [0.25, 0.3) is 0 Å². The molecule has 0 fully saturated rings. The summed E-state index contributed by atoms with van der Waals surface area (Å²) in [6, 6.07) is 9.56. The van der Waals surface area contributed by atoms with E-state index in [1.807, 2.05) is 42.7 Å². The highest BCUT2D eigenvalue weighted by Crippen LogP contribution is 2.16. The maximum atomic E-state index is 12.0. The van der Waals surface area contributed by atoms with Crippen molar-refractivity contribution in [3.63, 3.8) is 0 Å². The molecule has 0 N–H and O–H groups in total. The number of pyridine rings is 1. The van der Waals surface area contributed by atoms with E-state index >= 15 is 0 Å². The fraction of sp³-hybridized carbons (Fsp3) is 0.250. The van der Waals surface area contributed by atoms with Crippen molar-refractivity contribution >= 4 is 16.8 Å². The smallest absolute Gasteiger partial charge is 0.221 e. The molecule has 1 aromatic carbocycles. The normalized spacial score (nSPS) is 10.6. The zero-order chi connectivity index (χ0) is 14.7. The quantitative estimate of drug-likeness (QED) is 0.811. The largest absolute Gasteiger partial charge is 0.320 e. The summed E-state index contributed by atoms with van der Waals surface area (Å²) >= 11 is 5.35. The second-order valence-electron chi connectivity index (χ2n) is 4.82. The predicted molar refractivity (Wildman–Crippen MR) is 80.7 cm³/mol. The molecule has 0 spiro atoms. The van der Waals surface area contributed by atoms with Gasteiger partial charge in [0.1, 0.15) is 0 Å². The van der Waals surface area contributed by atoms with Crippen LogP contribution in [0.2, 0.25) is 0 Å². The zero-order valence-electron chi connectivity index (χ0n) is 11.5. The highest BCUT2D eigenvalue weighted by atomic mass is 35.5. The van der Waals surface area contributed by atoms with Gasteiger partial charge in [-0.25, -0.2) is 0 Å². The second-order valence-corrected chi connectivity index (χ2v) is 5.24. The molecule has 0 aliphatic heterocycles. The van der Waals surface area contributed by atoms with Gasteiger partial charge in [-0.15, -0.1) is 0 Å². The van der Waals surface area contributed by atoms with Crippen LogP contribution in [0.4, 0.5) is 0 Å². The van der Waals surface area contributed by atoms with Crippen LogP contribution in [0.1, 0.15) is 23.2 Å². The van der Waals surface area contributed by atoms with Gasteiger partial charge < -0.3 is 4.57 Å². The molecule has 20 heavy (non-hydrogen) atoms. The Balaban J connectivity index is 2.49. The standard InChI is InChI=1S/C16H16ClNO2/c1-11-5-3-4-6-14(11)18-10-13(7-8-16(17)20)15(19)9-12(18)2/h3-6,9-10H,7-8H2,1-2H3. The van der Waals surface area contributed by atoms with Gasteiger partial charge in [-0.05, 0) is 43.5 Å². The third-order valence-electron chi connectivity index (χ3n) is 3.29. The summed E-state index contributed by atoms with van der Waals surface area (Å²) in [6.45, 7) is 3.92. The topological polar surface area (TPSA) is 39.1 Å². The number of para-hydroxylation sites is 1. The molecule has 1 heterocycles. The van der Waals surface area contributed by atoms with Crippen LogP contribution in [0.5, 0.6) is 0 Å². The third-order valence-corrected chi connectivity index (χ3v) is 3.48.